The molecule has 0 N–H and O–H groups in total. The predicted octanol–water partition coefficient (Wildman–Crippen LogP) is 1.79. The van der Waals surface area contributed by atoms with Gasteiger partial charge in [0.1, 0.15) is 6.10 Å². The van der Waals surface area contributed by atoms with Gasteiger partial charge in [0, 0.05) is 25.2 Å². The van der Waals surface area contributed by atoms with Crippen molar-refractivity contribution < 1.29 is 19.0 Å². The highest BCUT2D eigenvalue weighted by Gasteiger charge is 2.30. The van der Waals surface area contributed by atoms with E-state index in [1.54, 1.807) is 48.5 Å². The third-order valence-corrected chi connectivity index (χ3v) is 3.90. The number of benzene rings is 1. The molecule has 0 saturated carbocycles. The zero-order valence-corrected chi connectivity index (χ0v) is 13.6. The summed E-state index contributed by atoms with van der Waals surface area (Å²) in [5, 5.41) is 7.69. The maximum atomic E-state index is 12.8. The number of hydrogen-bond donors (Lipinski definition) is 0. The molecule has 0 spiro atoms. The maximum Gasteiger partial charge on any atom is 0.257 e. The summed E-state index contributed by atoms with van der Waals surface area (Å²) in [6.07, 6.45) is 2.24. The molecule has 1 unspecified atom stereocenters. The summed E-state index contributed by atoms with van der Waals surface area (Å²) in [5.74, 6) is 1.35. The molecule has 7 nitrogen and oxygen atoms in total. The Balaban J connectivity index is 1.71. The molecule has 126 valence electrons. The average molecular weight is 329 g/mol. The lowest BCUT2D eigenvalue weighted by atomic mass is 10.1. The largest absolute Gasteiger partial charge is 0.493 e. The lowest BCUT2D eigenvalue weighted by Crippen LogP contribution is -2.31. The molecule has 0 bridgehead atoms. The van der Waals surface area contributed by atoms with Crippen molar-refractivity contribution in [3.8, 4) is 17.4 Å². The van der Waals surface area contributed by atoms with Crippen molar-refractivity contribution in [2.45, 2.75) is 12.5 Å². The first-order valence-corrected chi connectivity index (χ1v) is 7.67. The SMILES string of the molecule is COc1cccc(C(=O)N2CCC(Oc3cccnn3)C2)c1OC. The summed E-state index contributed by atoms with van der Waals surface area (Å²) in [6, 6.07) is 8.79. The van der Waals surface area contributed by atoms with Crippen LogP contribution < -0.4 is 14.2 Å². The van der Waals surface area contributed by atoms with Gasteiger partial charge in [0.15, 0.2) is 11.5 Å². The van der Waals surface area contributed by atoms with Gasteiger partial charge in [-0.3, -0.25) is 4.79 Å². The molecule has 1 atom stereocenters. The second kappa shape index (κ2) is 7.16. The summed E-state index contributed by atoms with van der Waals surface area (Å²) < 4.78 is 16.4. The first-order valence-electron chi connectivity index (χ1n) is 7.67. The Morgan fingerprint density at radius 2 is 2.08 bits per heavy atom. The van der Waals surface area contributed by atoms with Gasteiger partial charge in [-0.05, 0) is 18.2 Å². The van der Waals surface area contributed by atoms with Crippen molar-refractivity contribution in [2.75, 3.05) is 27.3 Å². The molecule has 1 aliphatic heterocycles. The van der Waals surface area contributed by atoms with E-state index in [4.69, 9.17) is 14.2 Å². The Kier molecular flexibility index (Phi) is 4.79. The summed E-state index contributed by atoms with van der Waals surface area (Å²) in [4.78, 5) is 14.5. The van der Waals surface area contributed by atoms with Gasteiger partial charge in [-0.1, -0.05) is 6.07 Å². The molecule has 7 heteroatoms. The summed E-state index contributed by atoms with van der Waals surface area (Å²) in [6.45, 7) is 1.11. The molecule has 1 aromatic carbocycles. The minimum absolute atomic E-state index is 0.0951. The standard InChI is InChI=1S/C17H19N3O4/c1-22-14-6-3-5-13(16(14)23-2)17(21)20-10-8-12(11-20)24-15-7-4-9-18-19-15/h3-7,9,12H,8,10-11H2,1-2H3. The van der Waals surface area contributed by atoms with Crippen molar-refractivity contribution >= 4 is 5.91 Å². The van der Waals surface area contributed by atoms with Crippen LogP contribution in [-0.2, 0) is 0 Å². The first kappa shape index (κ1) is 16.0. The lowest BCUT2D eigenvalue weighted by Gasteiger charge is -2.19. The van der Waals surface area contributed by atoms with Gasteiger partial charge in [-0.2, -0.15) is 5.10 Å². The van der Waals surface area contributed by atoms with Crippen LogP contribution in [-0.4, -0.2) is 54.4 Å². The third-order valence-electron chi connectivity index (χ3n) is 3.90. The van der Waals surface area contributed by atoms with Crippen LogP contribution in [0.3, 0.4) is 0 Å². The number of ether oxygens (including phenoxy) is 3. The van der Waals surface area contributed by atoms with Crippen molar-refractivity contribution in [2.24, 2.45) is 0 Å². The number of para-hydroxylation sites is 1. The van der Waals surface area contributed by atoms with E-state index in [9.17, 15) is 4.79 Å². The number of carbonyl (C=O) groups is 1. The molecular formula is C17H19N3O4. The van der Waals surface area contributed by atoms with Crippen LogP contribution >= 0.6 is 0 Å². The Labute approximate surface area is 140 Å². The minimum Gasteiger partial charge on any atom is -0.493 e. The van der Waals surface area contributed by atoms with E-state index in [1.807, 2.05) is 0 Å². The fourth-order valence-corrected chi connectivity index (χ4v) is 2.76. The summed E-state index contributed by atoms with van der Waals surface area (Å²) in [7, 11) is 3.07. The van der Waals surface area contributed by atoms with Crippen LogP contribution in [0.2, 0.25) is 0 Å². The number of methoxy groups -OCH3 is 2. The van der Waals surface area contributed by atoms with Crippen LogP contribution in [0.15, 0.2) is 36.5 Å². The summed E-state index contributed by atoms with van der Waals surface area (Å²) in [5.41, 5.74) is 0.483. The molecule has 1 aromatic heterocycles. The van der Waals surface area contributed by atoms with Gasteiger partial charge < -0.3 is 19.1 Å². The number of hydrogen-bond acceptors (Lipinski definition) is 6. The fourth-order valence-electron chi connectivity index (χ4n) is 2.76. The van der Waals surface area contributed by atoms with Crippen molar-refractivity contribution in [3.05, 3.63) is 42.1 Å². The first-order chi connectivity index (χ1) is 11.7. The van der Waals surface area contributed by atoms with E-state index in [1.165, 1.54) is 7.11 Å². The van der Waals surface area contributed by atoms with Gasteiger partial charge in [-0.15, -0.1) is 5.10 Å². The van der Waals surface area contributed by atoms with Gasteiger partial charge in [0.25, 0.3) is 5.91 Å². The topological polar surface area (TPSA) is 73.8 Å². The normalized spacial score (nSPS) is 16.8. The molecule has 1 amide bonds. The molecule has 1 saturated heterocycles. The highest BCUT2D eigenvalue weighted by Crippen LogP contribution is 2.32. The molecule has 0 aliphatic carbocycles. The van der Waals surface area contributed by atoms with Crippen molar-refractivity contribution in [1.82, 2.24) is 15.1 Å². The molecule has 1 aliphatic rings. The zero-order valence-electron chi connectivity index (χ0n) is 13.6. The molecule has 2 heterocycles. The molecule has 2 aromatic rings. The third kappa shape index (κ3) is 3.24. The van der Waals surface area contributed by atoms with Crippen LogP contribution in [0.5, 0.6) is 17.4 Å². The van der Waals surface area contributed by atoms with Crippen LogP contribution in [0.25, 0.3) is 0 Å². The second-order valence-electron chi connectivity index (χ2n) is 5.38. The summed E-state index contributed by atoms with van der Waals surface area (Å²) >= 11 is 0. The van der Waals surface area contributed by atoms with Crippen molar-refractivity contribution in [1.29, 1.82) is 0 Å². The molecule has 1 fully saturated rings. The van der Waals surface area contributed by atoms with Gasteiger partial charge in [-0.25, -0.2) is 0 Å². The highest BCUT2D eigenvalue weighted by atomic mass is 16.5. The number of amides is 1. The minimum atomic E-state index is -0.101. The van der Waals surface area contributed by atoms with Crippen LogP contribution in [0.4, 0.5) is 0 Å². The second-order valence-corrected chi connectivity index (χ2v) is 5.38. The quantitative estimate of drug-likeness (QED) is 0.832. The molecule has 0 radical (unpaired) electrons. The number of rotatable bonds is 5. The van der Waals surface area contributed by atoms with E-state index in [2.05, 4.69) is 10.2 Å². The van der Waals surface area contributed by atoms with E-state index in [0.717, 1.165) is 6.42 Å². The Morgan fingerprint density at radius 3 is 2.79 bits per heavy atom. The molecular weight excluding hydrogens is 310 g/mol. The van der Waals surface area contributed by atoms with Crippen molar-refractivity contribution in [3.63, 3.8) is 0 Å². The van der Waals surface area contributed by atoms with E-state index < -0.39 is 0 Å². The number of likely N-dealkylation sites (tertiary alicyclic amines) is 1. The monoisotopic (exact) mass is 329 g/mol. The number of aromatic nitrogens is 2. The van der Waals surface area contributed by atoms with Crippen LogP contribution in [0.1, 0.15) is 16.8 Å². The Hall–Kier alpha value is -2.83. The molecule has 24 heavy (non-hydrogen) atoms. The number of carbonyl (C=O) groups excluding carboxylic acids is 1. The Morgan fingerprint density at radius 1 is 1.21 bits per heavy atom. The lowest BCUT2D eigenvalue weighted by molar-refractivity contribution is 0.0767. The Bertz CT molecular complexity index is 708. The number of nitrogens with zero attached hydrogens (tertiary/aromatic N) is 3. The van der Waals surface area contributed by atoms with Gasteiger partial charge >= 0.3 is 0 Å². The van der Waals surface area contributed by atoms with E-state index >= 15 is 0 Å². The fraction of sp³-hybridized carbons (Fsp3) is 0.353. The smallest absolute Gasteiger partial charge is 0.257 e. The van der Waals surface area contributed by atoms with Crippen LogP contribution in [0, 0.1) is 0 Å². The highest BCUT2D eigenvalue weighted by molar-refractivity contribution is 5.98. The van der Waals surface area contributed by atoms with E-state index in [0.29, 0.717) is 36.0 Å². The average Bonchev–Trinajstić information content (AvgIpc) is 3.09. The van der Waals surface area contributed by atoms with Gasteiger partial charge in [0.2, 0.25) is 5.88 Å². The molecule has 3 rings (SSSR count). The van der Waals surface area contributed by atoms with Gasteiger partial charge in [0.05, 0.1) is 26.3 Å². The predicted molar refractivity (Wildman–Crippen MR) is 86.5 cm³/mol. The maximum absolute atomic E-state index is 12.8. The zero-order chi connectivity index (χ0) is 16.9. The van der Waals surface area contributed by atoms with E-state index in [-0.39, 0.29) is 12.0 Å².